The number of ether oxygens (including phenoxy) is 2. The molecular weight excluding hydrogens is 470 g/mol. The van der Waals surface area contributed by atoms with Gasteiger partial charge in [-0.15, -0.1) is 0 Å². The summed E-state index contributed by atoms with van der Waals surface area (Å²) in [6, 6.07) is 7.55. The molecule has 0 unspecified atom stereocenters. The lowest BCUT2D eigenvalue weighted by atomic mass is 10.1. The molecule has 0 saturated carbocycles. The first-order chi connectivity index (χ1) is 16.6. The number of esters is 2. The van der Waals surface area contributed by atoms with E-state index in [2.05, 4.69) is 10.1 Å². The summed E-state index contributed by atoms with van der Waals surface area (Å²) >= 11 is 6.26. The van der Waals surface area contributed by atoms with E-state index in [0.717, 1.165) is 22.5 Å². The molecule has 184 valence electrons. The quantitative estimate of drug-likeness (QED) is 0.259. The topological polar surface area (TPSA) is 103 Å². The molecule has 3 aromatic rings. The van der Waals surface area contributed by atoms with Crippen LogP contribution >= 0.6 is 11.6 Å². The summed E-state index contributed by atoms with van der Waals surface area (Å²) in [4.78, 5) is 39.9. The average Bonchev–Trinajstić information content (AvgIpc) is 3.26. The van der Waals surface area contributed by atoms with Crippen molar-refractivity contribution >= 4 is 35.4 Å². The molecule has 0 fully saturated rings. The number of halogens is 1. The molecule has 2 heterocycles. The predicted octanol–water partition coefficient (Wildman–Crippen LogP) is 4.76. The van der Waals surface area contributed by atoms with Gasteiger partial charge in [-0.3, -0.25) is 9.48 Å². The summed E-state index contributed by atoms with van der Waals surface area (Å²) in [6.07, 6.45) is 2.89. The molecule has 0 aliphatic carbocycles. The van der Waals surface area contributed by atoms with E-state index in [1.807, 2.05) is 42.8 Å². The fraction of sp³-hybridized carbons (Fsp3) is 0.308. The monoisotopic (exact) mass is 497 g/mol. The first kappa shape index (κ1) is 26.0. The number of hydrogen-bond donors (Lipinski definition) is 1. The molecule has 0 saturated heterocycles. The van der Waals surface area contributed by atoms with Crippen LogP contribution < -0.4 is 0 Å². The van der Waals surface area contributed by atoms with Crippen molar-refractivity contribution < 1.29 is 23.9 Å². The lowest BCUT2D eigenvalue weighted by Gasteiger charge is -2.06. The summed E-state index contributed by atoms with van der Waals surface area (Å²) in [6.45, 7) is 9.07. The summed E-state index contributed by atoms with van der Waals surface area (Å²) in [5.74, 6) is -1.61. The van der Waals surface area contributed by atoms with E-state index in [9.17, 15) is 14.4 Å². The Balaban J connectivity index is 1.65. The van der Waals surface area contributed by atoms with Gasteiger partial charge in [-0.25, -0.2) is 9.59 Å². The molecule has 0 aliphatic rings. The molecule has 1 aromatic carbocycles. The second-order valence-electron chi connectivity index (χ2n) is 8.04. The maximum absolute atomic E-state index is 12.6. The van der Waals surface area contributed by atoms with Crippen LogP contribution in [0.5, 0.6) is 0 Å². The van der Waals surface area contributed by atoms with E-state index in [1.54, 1.807) is 26.8 Å². The van der Waals surface area contributed by atoms with Gasteiger partial charge in [0.2, 0.25) is 5.78 Å². The minimum absolute atomic E-state index is 0.217. The summed E-state index contributed by atoms with van der Waals surface area (Å²) < 4.78 is 12.0. The van der Waals surface area contributed by atoms with Gasteiger partial charge in [0.1, 0.15) is 0 Å². The van der Waals surface area contributed by atoms with Gasteiger partial charge in [0.05, 0.1) is 30.1 Å². The zero-order valence-electron chi connectivity index (χ0n) is 20.4. The number of nitrogens with zero attached hydrogens (tertiary/aromatic N) is 2. The molecule has 1 N–H and O–H groups in total. The third-order valence-electron chi connectivity index (χ3n) is 5.64. The van der Waals surface area contributed by atoms with Gasteiger partial charge in [0.15, 0.2) is 6.61 Å². The lowest BCUT2D eigenvalue weighted by Crippen LogP contribution is -2.14. The van der Waals surface area contributed by atoms with Gasteiger partial charge in [-0.2, -0.15) is 5.10 Å². The molecule has 0 atom stereocenters. The van der Waals surface area contributed by atoms with Crippen molar-refractivity contribution in [2.45, 2.75) is 41.2 Å². The molecule has 0 bridgehead atoms. The van der Waals surface area contributed by atoms with Gasteiger partial charge < -0.3 is 14.5 Å². The zero-order chi connectivity index (χ0) is 25.7. The first-order valence-corrected chi connectivity index (χ1v) is 11.5. The Morgan fingerprint density at radius 3 is 2.51 bits per heavy atom. The largest absolute Gasteiger partial charge is 0.462 e. The second kappa shape index (κ2) is 11.2. The number of hydrogen-bond acceptors (Lipinski definition) is 6. The number of aromatic nitrogens is 3. The molecule has 35 heavy (non-hydrogen) atoms. The Kier molecular flexibility index (Phi) is 8.30. The van der Waals surface area contributed by atoms with E-state index in [0.29, 0.717) is 28.4 Å². The van der Waals surface area contributed by atoms with Crippen molar-refractivity contribution in [3.05, 3.63) is 80.4 Å². The normalized spacial score (nSPS) is 11.1. The van der Waals surface area contributed by atoms with Crippen LogP contribution in [0.15, 0.2) is 30.3 Å². The summed E-state index contributed by atoms with van der Waals surface area (Å²) in [7, 11) is 0. The minimum atomic E-state index is -0.664. The van der Waals surface area contributed by atoms with E-state index in [-0.39, 0.29) is 12.3 Å². The standard InChI is InChI=1S/C26H28ClN3O5/c1-6-34-26(33)24-15(2)25(28-17(24)4)22(31)14-35-23(32)12-11-20-16(3)29-30(18(20)5)13-19-9-7-8-10-21(19)27/h7-12,28H,6,13-14H2,1-5H3. The number of benzene rings is 1. The van der Waals surface area contributed by atoms with Crippen molar-refractivity contribution in [3.63, 3.8) is 0 Å². The lowest BCUT2D eigenvalue weighted by molar-refractivity contribution is -0.136. The van der Waals surface area contributed by atoms with Crippen LogP contribution in [-0.4, -0.2) is 45.7 Å². The highest BCUT2D eigenvalue weighted by Crippen LogP contribution is 2.21. The smallest absolute Gasteiger partial charge is 0.340 e. The second-order valence-corrected chi connectivity index (χ2v) is 8.45. The summed E-state index contributed by atoms with van der Waals surface area (Å²) in [5, 5.41) is 5.20. The van der Waals surface area contributed by atoms with Crippen LogP contribution in [0.25, 0.3) is 6.08 Å². The van der Waals surface area contributed by atoms with Gasteiger partial charge in [-0.1, -0.05) is 29.8 Å². The average molecular weight is 498 g/mol. The third-order valence-corrected chi connectivity index (χ3v) is 6.01. The van der Waals surface area contributed by atoms with Gasteiger partial charge in [0.25, 0.3) is 0 Å². The number of H-pyrrole nitrogens is 1. The Bertz CT molecular complexity index is 1300. The number of rotatable bonds is 9. The molecule has 8 nitrogen and oxygen atoms in total. The molecule has 0 radical (unpaired) electrons. The minimum Gasteiger partial charge on any atom is -0.462 e. The Labute approximate surface area is 208 Å². The highest BCUT2D eigenvalue weighted by atomic mass is 35.5. The van der Waals surface area contributed by atoms with Crippen molar-refractivity contribution in [2.75, 3.05) is 13.2 Å². The van der Waals surface area contributed by atoms with Crippen molar-refractivity contribution in [1.82, 2.24) is 14.8 Å². The first-order valence-electron chi connectivity index (χ1n) is 11.2. The van der Waals surface area contributed by atoms with Gasteiger partial charge in [-0.05, 0) is 57.9 Å². The fourth-order valence-electron chi connectivity index (χ4n) is 3.84. The van der Waals surface area contributed by atoms with E-state index < -0.39 is 24.3 Å². The van der Waals surface area contributed by atoms with Crippen LogP contribution in [0.2, 0.25) is 5.02 Å². The Morgan fingerprint density at radius 1 is 1.11 bits per heavy atom. The molecule has 2 aromatic heterocycles. The Hall–Kier alpha value is -3.65. The molecule has 0 aliphatic heterocycles. The van der Waals surface area contributed by atoms with Gasteiger partial charge >= 0.3 is 11.9 Å². The number of aryl methyl sites for hydroxylation is 2. The van der Waals surface area contributed by atoms with E-state index in [4.69, 9.17) is 21.1 Å². The van der Waals surface area contributed by atoms with E-state index >= 15 is 0 Å². The molecule has 0 spiro atoms. The van der Waals surface area contributed by atoms with Crippen LogP contribution in [0.4, 0.5) is 0 Å². The maximum atomic E-state index is 12.6. The molecule has 0 amide bonds. The number of carbonyl (C=O) groups excluding carboxylic acids is 3. The van der Waals surface area contributed by atoms with E-state index in [1.165, 1.54) is 6.08 Å². The van der Waals surface area contributed by atoms with Crippen LogP contribution in [0.3, 0.4) is 0 Å². The van der Waals surface area contributed by atoms with Crippen LogP contribution in [-0.2, 0) is 20.8 Å². The number of aromatic amines is 1. The maximum Gasteiger partial charge on any atom is 0.340 e. The highest BCUT2D eigenvalue weighted by Gasteiger charge is 2.23. The highest BCUT2D eigenvalue weighted by molar-refractivity contribution is 6.31. The van der Waals surface area contributed by atoms with Crippen molar-refractivity contribution in [1.29, 1.82) is 0 Å². The fourth-order valence-corrected chi connectivity index (χ4v) is 4.04. The van der Waals surface area contributed by atoms with Crippen molar-refractivity contribution in [3.8, 4) is 0 Å². The van der Waals surface area contributed by atoms with Crippen LogP contribution in [0.1, 0.15) is 61.5 Å². The van der Waals surface area contributed by atoms with Gasteiger partial charge in [0, 0.05) is 28.0 Å². The molecule has 3 rings (SSSR count). The predicted molar refractivity (Wildman–Crippen MR) is 133 cm³/mol. The number of ketones is 1. The van der Waals surface area contributed by atoms with Crippen molar-refractivity contribution in [2.24, 2.45) is 0 Å². The molecular formula is C26H28ClN3O5. The Morgan fingerprint density at radius 2 is 1.83 bits per heavy atom. The molecule has 9 heteroatoms. The SMILES string of the molecule is CCOC(=O)c1c(C)[nH]c(C(=O)COC(=O)C=Cc2c(C)nn(Cc3ccccc3Cl)c2C)c1C. The number of Topliss-reactive ketones (excluding diaryl/α,β-unsaturated/α-hetero) is 1. The number of nitrogens with one attached hydrogen (secondary N) is 1. The number of carbonyl (C=O) groups is 3. The third kappa shape index (κ3) is 5.89. The zero-order valence-corrected chi connectivity index (χ0v) is 21.2. The summed E-state index contributed by atoms with van der Waals surface area (Å²) in [5.41, 5.74) is 4.87. The van der Waals surface area contributed by atoms with Crippen LogP contribution in [0, 0.1) is 27.7 Å².